The zero-order valence-electron chi connectivity index (χ0n) is 12.0. The van der Waals surface area contributed by atoms with Gasteiger partial charge in [-0.2, -0.15) is 5.26 Å². The number of rotatable bonds is 7. The lowest BCUT2D eigenvalue weighted by molar-refractivity contribution is 0.178. The molecule has 0 aliphatic heterocycles. The Hall–Kier alpha value is -1.33. The van der Waals surface area contributed by atoms with E-state index in [9.17, 15) is 0 Å². The predicted octanol–water partition coefficient (Wildman–Crippen LogP) is 4.15. The summed E-state index contributed by atoms with van der Waals surface area (Å²) in [5.41, 5.74) is 1.29. The molecule has 1 saturated carbocycles. The van der Waals surface area contributed by atoms with Gasteiger partial charge in [0.1, 0.15) is 0 Å². The maximum Gasteiger partial charge on any atom is 0.0641 e. The minimum Gasteiger partial charge on any atom is -0.292 e. The van der Waals surface area contributed by atoms with Crippen molar-refractivity contribution in [2.45, 2.75) is 51.6 Å². The number of nitrogens with zero attached hydrogens (tertiary/aromatic N) is 2. The number of benzene rings is 1. The second-order valence-electron chi connectivity index (χ2n) is 5.94. The Labute approximate surface area is 117 Å². The first-order chi connectivity index (χ1) is 9.22. The monoisotopic (exact) mass is 256 g/mol. The molecule has 1 aromatic carbocycles. The molecule has 1 aromatic rings. The van der Waals surface area contributed by atoms with E-state index in [1.54, 1.807) is 0 Å². The molecule has 1 atom stereocenters. The summed E-state index contributed by atoms with van der Waals surface area (Å²) in [6, 6.07) is 13.9. The predicted molar refractivity (Wildman–Crippen MR) is 78.6 cm³/mol. The van der Waals surface area contributed by atoms with Crippen LogP contribution in [-0.2, 0) is 0 Å². The smallest absolute Gasteiger partial charge is 0.0641 e. The largest absolute Gasteiger partial charge is 0.292 e. The van der Waals surface area contributed by atoms with Gasteiger partial charge < -0.3 is 0 Å². The molecule has 2 nitrogen and oxygen atoms in total. The number of hydrogen-bond acceptors (Lipinski definition) is 2. The van der Waals surface area contributed by atoms with Crippen molar-refractivity contribution in [1.29, 1.82) is 5.26 Å². The summed E-state index contributed by atoms with van der Waals surface area (Å²) in [5, 5.41) is 9.15. The first-order valence-corrected chi connectivity index (χ1v) is 7.40. The average molecular weight is 256 g/mol. The molecule has 2 rings (SSSR count). The molecule has 0 heterocycles. The minimum absolute atomic E-state index is 0.275. The lowest BCUT2D eigenvalue weighted by atomic mass is 10.0. The van der Waals surface area contributed by atoms with Gasteiger partial charge >= 0.3 is 0 Å². The molecule has 1 unspecified atom stereocenters. The Bertz CT molecular complexity index is 415. The Morgan fingerprint density at radius 2 is 1.95 bits per heavy atom. The first-order valence-electron chi connectivity index (χ1n) is 7.40. The summed E-state index contributed by atoms with van der Waals surface area (Å²) in [7, 11) is 0. The lowest BCUT2D eigenvalue weighted by Crippen LogP contribution is -2.32. The Morgan fingerprint density at radius 1 is 1.26 bits per heavy atom. The highest BCUT2D eigenvalue weighted by Gasteiger charge is 2.34. The van der Waals surface area contributed by atoms with Crippen molar-refractivity contribution < 1.29 is 0 Å². The van der Waals surface area contributed by atoms with E-state index >= 15 is 0 Å². The zero-order valence-corrected chi connectivity index (χ0v) is 12.0. The summed E-state index contributed by atoms with van der Waals surface area (Å²) >= 11 is 0. The van der Waals surface area contributed by atoms with Crippen LogP contribution in [0.15, 0.2) is 30.3 Å². The molecule has 19 heavy (non-hydrogen) atoms. The molecule has 0 saturated heterocycles. The van der Waals surface area contributed by atoms with Crippen LogP contribution >= 0.6 is 0 Å². The maximum atomic E-state index is 9.15. The van der Waals surface area contributed by atoms with Gasteiger partial charge in [0.15, 0.2) is 0 Å². The Morgan fingerprint density at radius 3 is 2.47 bits per heavy atom. The van der Waals surface area contributed by atoms with E-state index in [1.165, 1.54) is 24.8 Å². The highest BCUT2D eigenvalue weighted by molar-refractivity contribution is 5.21. The summed E-state index contributed by atoms with van der Waals surface area (Å²) < 4.78 is 0. The van der Waals surface area contributed by atoms with Crippen molar-refractivity contribution in [2.75, 3.05) is 6.54 Å². The number of nitriles is 1. The number of hydrogen-bond donors (Lipinski definition) is 0. The highest BCUT2D eigenvalue weighted by atomic mass is 15.2. The van der Waals surface area contributed by atoms with E-state index in [2.05, 4.69) is 49.1 Å². The summed E-state index contributed by atoms with van der Waals surface area (Å²) in [5.74, 6) is 0.722. The molecule has 102 valence electrons. The van der Waals surface area contributed by atoms with E-state index in [-0.39, 0.29) is 6.04 Å². The minimum atomic E-state index is 0.275. The van der Waals surface area contributed by atoms with E-state index in [1.807, 2.05) is 6.07 Å². The van der Waals surface area contributed by atoms with Crippen LogP contribution in [0.5, 0.6) is 0 Å². The van der Waals surface area contributed by atoms with Gasteiger partial charge in [0.05, 0.1) is 12.5 Å². The normalized spacial score (nSPS) is 16.6. The SMILES string of the molecule is CC(C)CCN(C1CC1)C(CC#N)c1ccccc1. The van der Waals surface area contributed by atoms with E-state index in [0.29, 0.717) is 12.5 Å². The van der Waals surface area contributed by atoms with E-state index < -0.39 is 0 Å². The molecule has 0 spiro atoms. The zero-order chi connectivity index (χ0) is 13.7. The van der Waals surface area contributed by atoms with Crippen LogP contribution in [0.3, 0.4) is 0 Å². The maximum absolute atomic E-state index is 9.15. The molecule has 0 radical (unpaired) electrons. The fourth-order valence-corrected chi connectivity index (χ4v) is 2.59. The highest BCUT2D eigenvalue weighted by Crippen LogP contribution is 2.36. The van der Waals surface area contributed by atoms with Crippen molar-refractivity contribution in [1.82, 2.24) is 4.90 Å². The molecular weight excluding hydrogens is 232 g/mol. The Balaban J connectivity index is 2.12. The lowest BCUT2D eigenvalue weighted by Gasteiger charge is -2.31. The van der Waals surface area contributed by atoms with Gasteiger partial charge in [0.2, 0.25) is 0 Å². The second kappa shape index (κ2) is 6.73. The van der Waals surface area contributed by atoms with E-state index in [4.69, 9.17) is 5.26 Å². The van der Waals surface area contributed by atoms with Gasteiger partial charge in [0.25, 0.3) is 0 Å². The summed E-state index contributed by atoms with van der Waals surface area (Å²) in [6.45, 7) is 5.66. The second-order valence-corrected chi connectivity index (χ2v) is 5.94. The molecule has 1 fully saturated rings. The average Bonchev–Trinajstić information content (AvgIpc) is 3.23. The third kappa shape index (κ3) is 4.08. The van der Waals surface area contributed by atoms with Gasteiger partial charge in [-0.25, -0.2) is 0 Å². The van der Waals surface area contributed by atoms with Crippen molar-refractivity contribution in [3.05, 3.63) is 35.9 Å². The van der Waals surface area contributed by atoms with E-state index in [0.717, 1.165) is 12.5 Å². The fourth-order valence-electron chi connectivity index (χ4n) is 2.59. The van der Waals surface area contributed by atoms with Crippen LogP contribution in [-0.4, -0.2) is 17.5 Å². The van der Waals surface area contributed by atoms with Gasteiger partial charge in [0, 0.05) is 12.1 Å². The van der Waals surface area contributed by atoms with Crippen LogP contribution in [0.4, 0.5) is 0 Å². The van der Waals surface area contributed by atoms with Crippen molar-refractivity contribution >= 4 is 0 Å². The van der Waals surface area contributed by atoms with Crippen LogP contribution in [0.2, 0.25) is 0 Å². The van der Waals surface area contributed by atoms with Gasteiger partial charge in [-0.15, -0.1) is 0 Å². The molecular formula is C17H24N2. The molecule has 0 bridgehead atoms. The molecule has 0 aromatic heterocycles. The standard InChI is InChI=1S/C17H24N2/c1-14(2)11-13-19(16-8-9-16)17(10-12-18)15-6-4-3-5-7-15/h3-7,14,16-17H,8-11,13H2,1-2H3. The van der Waals surface area contributed by atoms with Crippen molar-refractivity contribution in [3.8, 4) is 6.07 Å². The van der Waals surface area contributed by atoms with Crippen LogP contribution < -0.4 is 0 Å². The fraction of sp³-hybridized carbons (Fsp3) is 0.588. The van der Waals surface area contributed by atoms with Crippen LogP contribution in [0, 0.1) is 17.2 Å². The molecule has 0 N–H and O–H groups in total. The topological polar surface area (TPSA) is 27.0 Å². The molecule has 1 aliphatic rings. The van der Waals surface area contributed by atoms with Gasteiger partial charge in [-0.1, -0.05) is 44.2 Å². The Kier molecular flexibility index (Phi) is 4.99. The molecule has 2 heteroatoms. The molecule has 1 aliphatic carbocycles. The summed E-state index contributed by atoms with van der Waals surface area (Å²) in [4.78, 5) is 2.57. The third-order valence-corrected chi connectivity index (χ3v) is 3.85. The third-order valence-electron chi connectivity index (χ3n) is 3.85. The van der Waals surface area contributed by atoms with Crippen LogP contribution in [0.25, 0.3) is 0 Å². The summed E-state index contributed by atoms with van der Waals surface area (Å²) in [6.07, 6.45) is 4.41. The van der Waals surface area contributed by atoms with Gasteiger partial charge in [-0.05, 0) is 37.3 Å². The van der Waals surface area contributed by atoms with Gasteiger partial charge in [-0.3, -0.25) is 4.90 Å². The van der Waals surface area contributed by atoms with Crippen LogP contribution in [0.1, 0.15) is 51.1 Å². The van der Waals surface area contributed by atoms with Crippen molar-refractivity contribution in [2.24, 2.45) is 5.92 Å². The first kappa shape index (κ1) is 14.1. The molecule has 0 amide bonds. The van der Waals surface area contributed by atoms with Crippen molar-refractivity contribution in [3.63, 3.8) is 0 Å². The quantitative estimate of drug-likeness (QED) is 0.732.